The van der Waals surface area contributed by atoms with Gasteiger partial charge in [-0.1, -0.05) is 36.4 Å². The van der Waals surface area contributed by atoms with Crippen molar-refractivity contribution in [3.63, 3.8) is 0 Å². The summed E-state index contributed by atoms with van der Waals surface area (Å²) in [5.74, 6) is -0.540. The van der Waals surface area contributed by atoms with Crippen LogP contribution >= 0.6 is 0 Å². The molecule has 28 heavy (non-hydrogen) atoms. The Morgan fingerprint density at radius 3 is 2.14 bits per heavy atom. The molecule has 3 aromatic rings. The van der Waals surface area contributed by atoms with E-state index in [1.54, 1.807) is 35.0 Å². The Kier molecular flexibility index (Phi) is 5.65. The fourth-order valence-electron chi connectivity index (χ4n) is 2.78. The van der Waals surface area contributed by atoms with Gasteiger partial charge in [0, 0.05) is 18.5 Å². The number of phenolic OH excluding ortho intramolecular Hbond substituents is 1. The van der Waals surface area contributed by atoms with E-state index >= 15 is 0 Å². The summed E-state index contributed by atoms with van der Waals surface area (Å²) >= 11 is 0. The van der Waals surface area contributed by atoms with E-state index in [2.05, 4.69) is 0 Å². The summed E-state index contributed by atoms with van der Waals surface area (Å²) in [6.07, 6.45) is 7.44. The van der Waals surface area contributed by atoms with Gasteiger partial charge in [0.15, 0.2) is 11.6 Å². The molecule has 1 heterocycles. The molecule has 0 saturated heterocycles. The minimum Gasteiger partial charge on any atom is -0.508 e. The number of phenols is 1. The molecule has 0 aliphatic rings. The summed E-state index contributed by atoms with van der Waals surface area (Å²) < 4.78 is 1.55. The molecule has 0 bridgehead atoms. The van der Waals surface area contributed by atoms with Gasteiger partial charge in [-0.2, -0.15) is 0 Å². The van der Waals surface area contributed by atoms with E-state index in [1.807, 2.05) is 24.3 Å². The molecule has 0 aliphatic heterocycles. The predicted molar refractivity (Wildman–Crippen MR) is 109 cm³/mol. The van der Waals surface area contributed by atoms with E-state index in [0.29, 0.717) is 0 Å². The number of fused-ring (bicyclic) bond motifs is 1. The standard InChI is InChI=1S/C23H19NO4/c1-16(25)24-13-12-19-7-2-18(14-23(19)24)6-11-22(28)15-21(27)10-5-17-3-8-20(26)9-4-17/h2-14,26H,15H2,1H3. The molecule has 5 heteroatoms. The van der Waals surface area contributed by atoms with Gasteiger partial charge in [-0.25, -0.2) is 0 Å². The van der Waals surface area contributed by atoms with Gasteiger partial charge in [0.1, 0.15) is 5.75 Å². The summed E-state index contributed by atoms with van der Waals surface area (Å²) in [7, 11) is 0. The van der Waals surface area contributed by atoms with Gasteiger partial charge in [-0.05, 0) is 47.5 Å². The summed E-state index contributed by atoms with van der Waals surface area (Å²) in [4.78, 5) is 35.6. The van der Waals surface area contributed by atoms with Crippen LogP contribution in [0.25, 0.3) is 23.1 Å². The summed E-state index contributed by atoms with van der Waals surface area (Å²) in [5, 5.41) is 10.2. The second-order valence-corrected chi connectivity index (χ2v) is 6.39. The Labute approximate surface area is 162 Å². The molecule has 0 spiro atoms. The highest BCUT2D eigenvalue weighted by molar-refractivity contribution is 6.11. The molecule has 140 valence electrons. The van der Waals surface area contributed by atoms with Gasteiger partial charge < -0.3 is 5.11 Å². The Morgan fingerprint density at radius 2 is 1.50 bits per heavy atom. The lowest BCUT2D eigenvalue weighted by molar-refractivity contribution is -0.121. The quantitative estimate of drug-likeness (QED) is 0.517. The largest absolute Gasteiger partial charge is 0.508 e. The van der Waals surface area contributed by atoms with Gasteiger partial charge in [0.05, 0.1) is 11.9 Å². The number of benzene rings is 2. The zero-order valence-electron chi connectivity index (χ0n) is 15.3. The first-order valence-corrected chi connectivity index (χ1v) is 8.75. The highest BCUT2D eigenvalue weighted by atomic mass is 16.3. The summed E-state index contributed by atoms with van der Waals surface area (Å²) in [5.41, 5.74) is 2.31. The fraction of sp³-hybridized carbons (Fsp3) is 0.0870. The molecule has 3 rings (SSSR count). The lowest BCUT2D eigenvalue weighted by atomic mass is 10.1. The van der Waals surface area contributed by atoms with E-state index in [9.17, 15) is 19.5 Å². The van der Waals surface area contributed by atoms with Crippen LogP contribution in [-0.2, 0) is 9.59 Å². The van der Waals surface area contributed by atoms with Crippen molar-refractivity contribution in [3.8, 4) is 5.75 Å². The lowest BCUT2D eigenvalue weighted by Gasteiger charge is -2.00. The number of hydrogen-bond acceptors (Lipinski definition) is 4. The topological polar surface area (TPSA) is 76.4 Å². The Balaban J connectivity index is 1.63. The van der Waals surface area contributed by atoms with Crippen molar-refractivity contribution < 1.29 is 19.5 Å². The van der Waals surface area contributed by atoms with Gasteiger partial charge >= 0.3 is 0 Å². The fourth-order valence-corrected chi connectivity index (χ4v) is 2.78. The number of ketones is 2. The molecule has 2 aromatic carbocycles. The molecule has 0 atom stereocenters. The van der Waals surface area contributed by atoms with Gasteiger partial charge in [0.25, 0.3) is 0 Å². The maximum absolute atomic E-state index is 12.0. The van der Waals surface area contributed by atoms with Crippen LogP contribution in [0.1, 0.15) is 29.3 Å². The Bertz CT molecular complexity index is 1100. The number of carbonyl (C=O) groups is 3. The van der Waals surface area contributed by atoms with Crippen LogP contribution in [0.5, 0.6) is 5.75 Å². The van der Waals surface area contributed by atoms with Crippen molar-refractivity contribution >= 4 is 40.5 Å². The molecule has 0 amide bonds. The third kappa shape index (κ3) is 4.71. The normalized spacial score (nSPS) is 11.5. The highest BCUT2D eigenvalue weighted by Crippen LogP contribution is 2.18. The van der Waals surface area contributed by atoms with Crippen LogP contribution in [-0.4, -0.2) is 27.1 Å². The van der Waals surface area contributed by atoms with Crippen LogP contribution in [0.15, 0.2) is 66.9 Å². The smallest absolute Gasteiger partial charge is 0.227 e. The number of carbonyl (C=O) groups excluding carboxylic acids is 3. The van der Waals surface area contributed by atoms with Crippen molar-refractivity contribution in [2.75, 3.05) is 0 Å². The van der Waals surface area contributed by atoms with E-state index in [-0.39, 0.29) is 29.6 Å². The van der Waals surface area contributed by atoms with Gasteiger partial charge in [-0.15, -0.1) is 0 Å². The third-order valence-electron chi connectivity index (χ3n) is 4.22. The first-order valence-electron chi connectivity index (χ1n) is 8.75. The molecule has 0 aliphatic carbocycles. The number of aromatic hydroxyl groups is 1. The summed E-state index contributed by atoms with van der Waals surface area (Å²) in [6.45, 7) is 1.49. The maximum atomic E-state index is 12.0. The molecule has 1 aromatic heterocycles. The van der Waals surface area contributed by atoms with Crippen LogP contribution in [0.4, 0.5) is 0 Å². The predicted octanol–water partition coefficient (Wildman–Crippen LogP) is 4.26. The number of rotatable bonds is 6. The molecule has 5 nitrogen and oxygen atoms in total. The second kappa shape index (κ2) is 8.31. The second-order valence-electron chi connectivity index (χ2n) is 6.39. The number of nitrogens with zero attached hydrogens (tertiary/aromatic N) is 1. The Morgan fingerprint density at radius 1 is 0.893 bits per heavy atom. The number of hydrogen-bond donors (Lipinski definition) is 1. The van der Waals surface area contributed by atoms with Crippen molar-refractivity contribution in [1.82, 2.24) is 4.57 Å². The van der Waals surface area contributed by atoms with Crippen LogP contribution in [0.2, 0.25) is 0 Å². The third-order valence-corrected chi connectivity index (χ3v) is 4.22. The van der Waals surface area contributed by atoms with Crippen molar-refractivity contribution in [2.45, 2.75) is 13.3 Å². The highest BCUT2D eigenvalue weighted by Gasteiger charge is 2.06. The van der Waals surface area contributed by atoms with Crippen LogP contribution in [0, 0.1) is 0 Å². The molecular formula is C23H19NO4. The van der Waals surface area contributed by atoms with Gasteiger partial charge in [0.2, 0.25) is 5.91 Å². The monoisotopic (exact) mass is 373 g/mol. The molecular weight excluding hydrogens is 354 g/mol. The van der Waals surface area contributed by atoms with Crippen molar-refractivity contribution in [2.24, 2.45) is 0 Å². The number of allylic oxidation sites excluding steroid dienone is 2. The SMILES string of the molecule is CC(=O)n1ccc2ccc(C=CC(=O)CC(=O)C=Cc3ccc(O)cc3)cc21. The average molecular weight is 373 g/mol. The zero-order valence-corrected chi connectivity index (χ0v) is 15.3. The maximum Gasteiger partial charge on any atom is 0.227 e. The minimum atomic E-state index is -0.303. The molecule has 0 unspecified atom stereocenters. The van der Waals surface area contributed by atoms with E-state index < -0.39 is 0 Å². The van der Waals surface area contributed by atoms with Gasteiger partial charge in [-0.3, -0.25) is 19.0 Å². The van der Waals surface area contributed by atoms with E-state index in [1.165, 1.54) is 31.2 Å². The van der Waals surface area contributed by atoms with E-state index in [0.717, 1.165) is 22.0 Å². The number of aromatic nitrogens is 1. The molecule has 1 N–H and O–H groups in total. The average Bonchev–Trinajstić information content (AvgIpc) is 3.09. The molecule has 0 fully saturated rings. The molecule has 0 saturated carbocycles. The Hall–Kier alpha value is -3.73. The lowest BCUT2D eigenvalue weighted by Crippen LogP contribution is -2.03. The van der Waals surface area contributed by atoms with Crippen molar-refractivity contribution in [1.29, 1.82) is 0 Å². The van der Waals surface area contributed by atoms with Crippen LogP contribution in [0.3, 0.4) is 0 Å². The first-order chi connectivity index (χ1) is 13.4. The van der Waals surface area contributed by atoms with Crippen LogP contribution < -0.4 is 0 Å². The van der Waals surface area contributed by atoms with Crippen molar-refractivity contribution in [3.05, 3.63) is 78.0 Å². The van der Waals surface area contributed by atoms with E-state index in [4.69, 9.17) is 0 Å². The first kappa shape index (κ1) is 19.0. The minimum absolute atomic E-state index is 0.0850. The summed E-state index contributed by atoms with van der Waals surface area (Å²) in [6, 6.07) is 13.8. The molecule has 0 radical (unpaired) electrons. The zero-order chi connectivity index (χ0) is 20.1.